The van der Waals surface area contributed by atoms with Crippen LogP contribution in [0, 0.1) is 13.8 Å². The summed E-state index contributed by atoms with van der Waals surface area (Å²) >= 11 is 0. The Bertz CT molecular complexity index is 1730. The molecule has 0 aliphatic rings. The summed E-state index contributed by atoms with van der Waals surface area (Å²) in [4.78, 5) is 9.48. The molecule has 178 valence electrons. The number of aryl methyl sites for hydroxylation is 1. The van der Waals surface area contributed by atoms with Crippen molar-refractivity contribution in [2.75, 3.05) is 0 Å². The molecule has 2 aromatic heterocycles. The molecule has 0 amide bonds. The summed E-state index contributed by atoms with van der Waals surface area (Å²) < 4.78 is 2.31. The highest BCUT2D eigenvalue weighted by atomic mass is 15.0. The largest absolute Gasteiger partial charge is 0.313 e. The summed E-state index contributed by atoms with van der Waals surface area (Å²) in [5, 5.41) is 1.23. The Labute approximate surface area is 217 Å². The zero-order chi connectivity index (χ0) is 25.4. The second-order valence-corrected chi connectivity index (χ2v) is 9.26. The summed E-state index contributed by atoms with van der Waals surface area (Å²) in [7, 11) is 0. The van der Waals surface area contributed by atoms with Gasteiger partial charge in [-0.15, -0.1) is 0 Å². The molecule has 3 nitrogen and oxygen atoms in total. The molecule has 4 aromatic carbocycles. The summed E-state index contributed by atoms with van der Waals surface area (Å²) in [6.45, 7) is 8.20. The first-order valence-corrected chi connectivity index (χ1v) is 12.5. The van der Waals surface area contributed by atoms with E-state index >= 15 is 0 Å². The van der Waals surface area contributed by atoms with E-state index in [1.807, 2.05) is 49.4 Å². The van der Waals surface area contributed by atoms with Gasteiger partial charge in [0.25, 0.3) is 0 Å². The number of hydrogen-bond donors (Lipinski definition) is 0. The summed E-state index contributed by atoms with van der Waals surface area (Å²) in [5.41, 5.74) is 11.1. The normalized spacial score (nSPS) is 11.1. The van der Waals surface area contributed by atoms with Crippen molar-refractivity contribution in [1.29, 1.82) is 0 Å². The SMILES string of the molecule is C=Cc1c(C)n(-c2ccc(-c3ccc(-c4cc(C)nc(-c5ccccc5)n4)cc3)cc2)c2ccccc12. The number of benzene rings is 4. The fourth-order valence-electron chi connectivity index (χ4n) is 5.05. The minimum Gasteiger partial charge on any atom is -0.313 e. The van der Waals surface area contributed by atoms with Crippen LogP contribution in [0.4, 0.5) is 0 Å². The molecule has 0 saturated carbocycles. The van der Waals surface area contributed by atoms with Crippen LogP contribution in [-0.4, -0.2) is 14.5 Å². The molecule has 0 spiro atoms. The molecule has 0 aliphatic heterocycles. The van der Waals surface area contributed by atoms with Gasteiger partial charge < -0.3 is 4.57 Å². The van der Waals surface area contributed by atoms with Crippen molar-refractivity contribution in [3.05, 3.63) is 133 Å². The van der Waals surface area contributed by atoms with E-state index in [9.17, 15) is 0 Å². The van der Waals surface area contributed by atoms with Gasteiger partial charge in [0.1, 0.15) is 0 Å². The van der Waals surface area contributed by atoms with Gasteiger partial charge in [0.15, 0.2) is 5.82 Å². The number of fused-ring (bicyclic) bond motifs is 1. The summed E-state index contributed by atoms with van der Waals surface area (Å²) in [6, 6.07) is 38.0. The molecular formula is C34H27N3. The minimum atomic E-state index is 0.753. The molecule has 37 heavy (non-hydrogen) atoms. The lowest BCUT2D eigenvalue weighted by Crippen LogP contribution is -1.96. The topological polar surface area (TPSA) is 30.7 Å². The van der Waals surface area contributed by atoms with Crippen LogP contribution in [-0.2, 0) is 0 Å². The van der Waals surface area contributed by atoms with Crippen LogP contribution >= 0.6 is 0 Å². The second kappa shape index (κ2) is 9.36. The first kappa shape index (κ1) is 22.7. The third-order valence-corrected chi connectivity index (χ3v) is 6.89. The van der Waals surface area contributed by atoms with E-state index in [0.717, 1.165) is 34.0 Å². The number of hydrogen-bond acceptors (Lipinski definition) is 2. The van der Waals surface area contributed by atoms with E-state index in [1.54, 1.807) is 0 Å². The van der Waals surface area contributed by atoms with Gasteiger partial charge in [-0.2, -0.15) is 0 Å². The standard InChI is InChI=1S/C34H27N3/c1-4-30-24(3)37(33-13-9-8-12-31(30)33)29-20-18-26(19-21-29)25-14-16-27(17-15-25)32-22-23(2)35-34(36-32)28-10-6-5-7-11-28/h4-22H,1H2,2-3H3. The minimum absolute atomic E-state index is 0.753. The fraction of sp³-hybridized carbons (Fsp3) is 0.0588. The van der Waals surface area contributed by atoms with Gasteiger partial charge in [-0.1, -0.05) is 97.6 Å². The maximum absolute atomic E-state index is 4.84. The van der Waals surface area contributed by atoms with Crippen LogP contribution in [0.2, 0.25) is 0 Å². The van der Waals surface area contributed by atoms with Gasteiger partial charge >= 0.3 is 0 Å². The van der Waals surface area contributed by atoms with Gasteiger partial charge in [0, 0.05) is 39.2 Å². The first-order valence-electron chi connectivity index (χ1n) is 12.5. The van der Waals surface area contributed by atoms with Gasteiger partial charge in [-0.05, 0) is 49.2 Å². The molecule has 3 heteroatoms. The highest BCUT2D eigenvalue weighted by Gasteiger charge is 2.13. The lowest BCUT2D eigenvalue weighted by molar-refractivity contribution is 1.05. The molecular weight excluding hydrogens is 450 g/mol. The Morgan fingerprint density at radius 1 is 0.649 bits per heavy atom. The van der Waals surface area contributed by atoms with E-state index in [-0.39, 0.29) is 0 Å². The van der Waals surface area contributed by atoms with E-state index < -0.39 is 0 Å². The molecule has 2 heterocycles. The second-order valence-electron chi connectivity index (χ2n) is 9.26. The quantitative estimate of drug-likeness (QED) is 0.249. The Kier molecular flexibility index (Phi) is 5.74. The van der Waals surface area contributed by atoms with Gasteiger partial charge in [-0.25, -0.2) is 9.97 Å². The summed E-state index contributed by atoms with van der Waals surface area (Å²) in [6.07, 6.45) is 1.95. The van der Waals surface area contributed by atoms with E-state index in [0.29, 0.717) is 0 Å². The highest BCUT2D eigenvalue weighted by Crippen LogP contribution is 2.31. The van der Waals surface area contributed by atoms with E-state index in [4.69, 9.17) is 4.98 Å². The van der Waals surface area contributed by atoms with Crippen LogP contribution in [0.25, 0.3) is 56.4 Å². The molecule has 0 bridgehead atoms. The predicted octanol–water partition coefficient (Wildman–Crippen LogP) is 8.68. The van der Waals surface area contributed by atoms with E-state index in [2.05, 4.69) is 95.9 Å². The number of rotatable bonds is 5. The average molecular weight is 478 g/mol. The lowest BCUT2D eigenvalue weighted by Gasteiger charge is -2.11. The molecule has 6 aromatic rings. The number of para-hydroxylation sites is 1. The van der Waals surface area contributed by atoms with Crippen LogP contribution < -0.4 is 0 Å². The van der Waals surface area contributed by atoms with Crippen molar-refractivity contribution in [2.45, 2.75) is 13.8 Å². The Hall–Kier alpha value is -4.76. The molecule has 0 unspecified atom stereocenters. The van der Waals surface area contributed by atoms with Gasteiger partial charge in [0.2, 0.25) is 0 Å². The number of nitrogens with zero attached hydrogens (tertiary/aromatic N) is 3. The molecule has 0 N–H and O–H groups in total. The molecule has 0 fully saturated rings. The van der Waals surface area contributed by atoms with Gasteiger partial charge in [0.05, 0.1) is 11.2 Å². The predicted molar refractivity (Wildman–Crippen MR) is 155 cm³/mol. The maximum atomic E-state index is 4.84. The van der Waals surface area contributed by atoms with Crippen molar-refractivity contribution in [3.8, 4) is 39.5 Å². The van der Waals surface area contributed by atoms with Crippen LogP contribution in [0.3, 0.4) is 0 Å². The lowest BCUT2D eigenvalue weighted by atomic mass is 10.0. The third-order valence-electron chi connectivity index (χ3n) is 6.89. The van der Waals surface area contributed by atoms with Crippen LogP contribution in [0.5, 0.6) is 0 Å². The smallest absolute Gasteiger partial charge is 0.160 e. The zero-order valence-electron chi connectivity index (χ0n) is 21.0. The Morgan fingerprint density at radius 3 is 1.97 bits per heavy atom. The van der Waals surface area contributed by atoms with E-state index in [1.165, 1.54) is 33.3 Å². The molecule has 0 saturated heterocycles. The highest BCUT2D eigenvalue weighted by molar-refractivity contribution is 5.92. The van der Waals surface area contributed by atoms with Crippen molar-refractivity contribution in [2.24, 2.45) is 0 Å². The Balaban J connectivity index is 1.31. The van der Waals surface area contributed by atoms with Crippen molar-refractivity contribution >= 4 is 17.0 Å². The molecule has 6 rings (SSSR count). The van der Waals surface area contributed by atoms with Crippen molar-refractivity contribution in [1.82, 2.24) is 14.5 Å². The zero-order valence-corrected chi connectivity index (χ0v) is 21.0. The van der Waals surface area contributed by atoms with Crippen LogP contribution in [0.15, 0.2) is 116 Å². The number of aromatic nitrogens is 3. The molecule has 0 aliphatic carbocycles. The van der Waals surface area contributed by atoms with Crippen LogP contribution in [0.1, 0.15) is 17.0 Å². The first-order chi connectivity index (χ1) is 18.1. The van der Waals surface area contributed by atoms with Crippen molar-refractivity contribution < 1.29 is 0 Å². The Morgan fingerprint density at radius 2 is 1.27 bits per heavy atom. The van der Waals surface area contributed by atoms with Gasteiger partial charge in [-0.3, -0.25) is 0 Å². The maximum Gasteiger partial charge on any atom is 0.160 e. The average Bonchev–Trinajstić information content (AvgIpc) is 3.24. The fourth-order valence-corrected chi connectivity index (χ4v) is 5.05. The summed E-state index contributed by atoms with van der Waals surface area (Å²) in [5.74, 6) is 0.753. The monoisotopic (exact) mass is 477 g/mol. The third kappa shape index (κ3) is 4.15. The van der Waals surface area contributed by atoms with Crippen molar-refractivity contribution in [3.63, 3.8) is 0 Å². The molecule has 0 atom stereocenters. The molecule has 0 radical (unpaired) electrons.